The lowest BCUT2D eigenvalue weighted by Gasteiger charge is -2.28. The van der Waals surface area contributed by atoms with Crippen molar-refractivity contribution in [2.45, 2.75) is 47.5 Å². The first kappa shape index (κ1) is 36.7. The summed E-state index contributed by atoms with van der Waals surface area (Å²) in [6.45, 7) is 19.5. The number of anilines is 2. The summed E-state index contributed by atoms with van der Waals surface area (Å²) in [4.78, 5) is 2.40. The molecule has 1 aliphatic rings. The number of benzene rings is 4. The molecule has 0 aromatic heterocycles. The Morgan fingerprint density at radius 1 is 0.843 bits per heavy atom. The van der Waals surface area contributed by atoms with Crippen LogP contribution in [0.25, 0.3) is 22.3 Å². The van der Waals surface area contributed by atoms with Crippen LogP contribution in [0.4, 0.5) is 11.4 Å². The smallest absolute Gasteiger partial charge is 0.126 e. The van der Waals surface area contributed by atoms with E-state index >= 15 is 0 Å². The van der Waals surface area contributed by atoms with Gasteiger partial charge in [0, 0.05) is 22.6 Å². The highest BCUT2D eigenvalue weighted by molar-refractivity contribution is 5.81. The first-order chi connectivity index (χ1) is 24.6. The number of methoxy groups -OCH3 is 1. The van der Waals surface area contributed by atoms with E-state index in [9.17, 15) is 0 Å². The van der Waals surface area contributed by atoms with Gasteiger partial charge in [-0.05, 0) is 114 Å². The summed E-state index contributed by atoms with van der Waals surface area (Å²) in [7, 11) is 1.71. The van der Waals surface area contributed by atoms with E-state index in [0.29, 0.717) is 0 Å². The molecule has 4 aromatic rings. The molecular weight excluding hydrogens is 619 g/mol. The number of hydrogen-bond donors (Lipinski definition) is 0. The highest BCUT2D eigenvalue weighted by Gasteiger charge is 2.24. The molecule has 2 nitrogen and oxygen atoms in total. The van der Waals surface area contributed by atoms with Gasteiger partial charge in [0.1, 0.15) is 5.75 Å². The summed E-state index contributed by atoms with van der Waals surface area (Å²) >= 11 is 0. The second-order valence-corrected chi connectivity index (χ2v) is 13.7. The van der Waals surface area contributed by atoms with Crippen molar-refractivity contribution in [3.8, 4) is 16.9 Å². The van der Waals surface area contributed by atoms with Crippen LogP contribution in [0.3, 0.4) is 0 Å². The Morgan fingerprint density at radius 3 is 2.25 bits per heavy atom. The second-order valence-electron chi connectivity index (χ2n) is 13.7. The number of rotatable bonds is 11. The highest BCUT2D eigenvalue weighted by Crippen LogP contribution is 2.40. The van der Waals surface area contributed by atoms with Gasteiger partial charge in [0.05, 0.1) is 7.11 Å². The molecule has 1 aliphatic carbocycles. The molecular formula is C49H51NO. The molecule has 0 atom stereocenters. The molecule has 0 aliphatic heterocycles. The highest BCUT2D eigenvalue weighted by atomic mass is 16.5. The minimum absolute atomic E-state index is 0.0863. The molecule has 0 saturated heterocycles. The fourth-order valence-corrected chi connectivity index (χ4v) is 6.81. The lowest BCUT2D eigenvalue weighted by atomic mass is 9.78. The lowest BCUT2D eigenvalue weighted by molar-refractivity contribution is 0.413. The molecule has 0 heterocycles. The van der Waals surface area contributed by atoms with Gasteiger partial charge in [-0.1, -0.05) is 148 Å². The van der Waals surface area contributed by atoms with Gasteiger partial charge in [0.2, 0.25) is 0 Å². The number of ether oxygens (including phenoxy) is 1. The predicted molar refractivity (Wildman–Crippen MR) is 222 cm³/mol. The van der Waals surface area contributed by atoms with Crippen molar-refractivity contribution in [2.75, 3.05) is 12.0 Å². The van der Waals surface area contributed by atoms with Crippen molar-refractivity contribution in [1.82, 2.24) is 0 Å². The van der Waals surface area contributed by atoms with Crippen LogP contribution in [-0.4, -0.2) is 7.11 Å². The number of allylic oxidation sites excluding steroid dienone is 13. The van der Waals surface area contributed by atoms with Crippen molar-refractivity contribution in [2.24, 2.45) is 5.41 Å². The Labute approximate surface area is 306 Å². The largest absolute Gasteiger partial charge is 0.496 e. The lowest BCUT2D eigenvalue weighted by Crippen LogP contribution is -2.16. The fraction of sp³-hybridized carbons (Fsp3) is 0.184. The van der Waals surface area contributed by atoms with Gasteiger partial charge in [0.15, 0.2) is 0 Å². The van der Waals surface area contributed by atoms with Crippen LogP contribution in [0.2, 0.25) is 0 Å². The maximum Gasteiger partial charge on any atom is 0.126 e. The Bertz CT molecular complexity index is 2040. The number of para-hydroxylation sites is 1. The van der Waals surface area contributed by atoms with E-state index in [4.69, 9.17) is 4.74 Å². The number of hydrogen-bond acceptors (Lipinski definition) is 2. The minimum atomic E-state index is -0.0863. The van der Waals surface area contributed by atoms with Crippen LogP contribution in [0, 0.1) is 12.3 Å². The summed E-state index contributed by atoms with van der Waals surface area (Å²) in [5, 5.41) is 0. The SMILES string of the molecule is C=C/C=C(\C=C/C)c1cc(C)cc(N(C2=C/C/C(C)=C(/C=C\C(=C)c3ccccc3OC)C(C)(C)C/C=C\2)c2ccc(-c3ccccc3)cc2)c1. The topological polar surface area (TPSA) is 12.5 Å². The minimum Gasteiger partial charge on any atom is -0.496 e. The van der Waals surface area contributed by atoms with Gasteiger partial charge >= 0.3 is 0 Å². The van der Waals surface area contributed by atoms with Crippen molar-refractivity contribution in [1.29, 1.82) is 0 Å². The molecule has 4 aromatic carbocycles. The zero-order chi connectivity index (χ0) is 36.4. The molecule has 0 bridgehead atoms. The van der Waals surface area contributed by atoms with Gasteiger partial charge < -0.3 is 9.64 Å². The summed E-state index contributed by atoms with van der Waals surface area (Å²) in [5.74, 6) is 0.830. The van der Waals surface area contributed by atoms with Gasteiger partial charge in [-0.25, -0.2) is 0 Å². The van der Waals surface area contributed by atoms with Crippen molar-refractivity contribution in [3.05, 3.63) is 198 Å². The van der Waals surface area contributed by atoms with Crippen molar-refractivity contribution >= 4 is 22.5 Å². The van der Waals surface area contributed by atoms with Crippen LogP contribution in [0.15, 0.2) is 182 Å². The average Bonchev–Trinajstić information content (AvgIpc) is 3.18. The molecule has 0 unspecified atom stereocenters. The molecule has 258 valence electrons. The molecule has 0 saturated carbocycles. The first-order valence-corrected chi connectivity index (χ1v) is 17.8. The van der Waals surface area contributed by atoms with Gasteiger partial charge in [-0.2, -0.15) is 0 Å². The number of nitrogens with zero attached hydrogens (tertiary/aromatic N) is 1. The Morgan fingerprint density at radius 2 is 1.55 bits per heavy atom. The molecule has 0 N–H and O–H groups in total. The maximum atomic E-state index is 5.62. The quantitative estimate of drug-likeness (QED) is 0.147. The van der Waals surface area contributed by atoms with E-state index in [2.05, 4.69) is 180 Å². The first-order valence-electron chi connectivity index (χ1n) is 17.8. The van der Waals surface area contributed by atoms with E-state index in [1.807, 2.05) is 24.3 Å². The van der Waals surface area contributed by atoms with Gasteiger partial charge in [-0.3, -0.25) is 0 Å². The van der Waals surface area contributed by atoms with Gasteiger partial charge in [0.25, 0.3) is 0 Å². The van der Waals surface area contributed by atoms with E-state index < -0.39 is 0 Å². The van der Waals surface area contributed by atoms with Gasteiger partial charge in [-0.15, -0.1) is 0 Å². The molecule has 5 rings (SSSR count). The number of aryl methyl sites for hydroxylation is 1. The second kappa shape index (κ2) is 16.9. The standard InChI is InChI=1S/C49H51NO/c1-9-17-39(18-10-2)42-33-36(3)34-45(35-42)50(44-29-26-41(27-30-44)40-19-12-11-13-20-40)43-21-16-32-49(6,7)47(38(5)24-28-43)31-25-37(4)46-22-14-15-23-48(46)51-8/h9-23,25-31,33-35H,1,4,24,32H2,2-3,5-8H3/b18-10-,21-16-,31-25-,39-17+,43-28+,47-38-. The molecule has 51 heavy (non-hydrogen) atoms. The molecule has 2 heteroatoms. The average molecular weight is 670 g/mol. The summed E-state index contributed by atoms with van der Waals surface area (Å²) in [6.07, 6.45) is 21.2. The van der Waals surface area contributed by atoms with Crippen LogP contribution in [0.1, 0.15) is 57.2 Å². The summed E-state index contributed by atoms with van der Waals surface area (Å²) in [6, 6.07) is 34.4. The third-order valence-electron chi connectivity index (χ3n) is 9.42. The third kappa shape index (κ3) is 8.96. The van der Waals surface area contributed by atoms with Crippen LogP contribution >= 0.6 is 0 Å². The fourth-order valence-electron chi connectivity index (χ4n) is 6.81. The molecule has 0 fully saturated rings. The predicted octanol–water partition coefficient (Wildman–Crippen LogP) is 13.8. The molecule has 0 amide bonds. The maximum absolute atomic E-state index is 5.62. The Kier molecular flexibility index (Phi) is 12.1. The van der Waals surface area contributed by atoms with Crippen LogP contribution in [-0.2, 0) is 0 Å². The summed E-state index contributed by atoms with van der Waals surface area (Å²) < 4.78 is 5.62. The van der Waals surface area contributed by atoms with E-state index in [-0.39, 0.29) is 5.41 Å². The van der Waals surface area contributed by atoms with Crippen LogP contribution in [0.5, 0.6) is 5.75 Å². The third-order valence-corrected chi connectivity index (χ3v) is 9.42. The molecule has 0 radical (unpaired) electrons. The Hall–Kier alpha value is -5.60. The van der Waals surface area contributed by atoms with E-state index in [1.54, 1.807) is 7.11 Å². The summed E-state index contributed by atoms with van der Waals surface area (Å²) in [5.41, 5.74) is 13.7. The monoisotopic (exact) mass is 669 g/mol. The zero-order valence-corrected chi connectivity index (χ0v) is 31.1. The Balaban J connectivity index is 1.61. The normalized spacial score (nSPS) is 18.0. The zero-order valence-electron chi connectivity index (χ0n) is 31.1. The van der Waals surface area contributed by atoms with E-state index in [0.717, 1.165) is 57.9 Å². The van der Waals surface area contributed by atoms with Crippen LogP contribution < -0.4 is 9.64 Å². The molecule has 0 spiro atoms. The van der Waals surface area contributed by atoms with Crippen molar-refractivity contribution < 1.29 is 4.74 Å². The van der Waals surface area contributed by atoms with Crippen molar-refractivity contribution in [3.63, 3.8) is 0 Å². The van der Waals surface area contributed by atoms with E-state index in [1.165, 1.54) is 27.8 Å².